The highest BCUT2D eigenvalue weighted by Gasteiger charge is 2.30. The maximum absolute atomic E-state index is 9.71. The molecule has 1 aliphatic heterocycles. The predicted molar refractivity (Wildman–Crippen MR) is 106 cm³/mol. The third-order valence-electron chi connectivity index (χ3n) is 6.19. The summed E-state index contributed by atoms with van der Waals surface area (Å²) in [6, 6.07) is 11.8. The van der Waals surface area contributed by atoms with Gasteiger partial charge in [-0.15, -0.1) is 0 Å². The summed E-state index contributed by atoms with van der Waals surface area (Å²) < 4.78 is 1.85. The molecule has 0 amide bonds. The minimum absolute atomic E-state index is 0.268. The van der Waals surface area contributed by atoms with Crippen molar-refractivity contribution in [2.75, 3.05) is 26.4 Å². The zero-order valence-electron chi connectivity index (χ0n) is 16.2. The minimum atomic E-state index is 0.268. The lowest BCUT2D eigenvalue weighted by molar-refractivity contribution is 0.306. The van der Waals surface area contributed by atoms with Gasteiger partial charge in [0.25, 0.3) is 0 Å². The average Bonchev–Trinajstić information content (AvgIpc) is 3.27. The van der Waals surface area contributed by atoms with Crippen LogP contribution in [0.1, 0.15) is 41.1 Å². The van der Waals surface area contributed by atoms with E-state index in [-0.39, 0.29) is 5.92 Å². The Kier molecular flexibility index (Phi) is 4.90. The van der Waals surface area contributed by atoms with Crippen LogP contribution in [0.3, 0.4) is 0 Å². The molecule has 3 atom stereocenters. The maximum atomic E-state index is 9.71. The second-order valence-corrected chi connectivity index (χ2v) is 8.11. The van der Waals surface area contributed by atoms with Gasteiger partial charge < -0.3 is 16.0 Å². The average molecular weight is 364 g/mol. The third-order valence-corrected chi connectivity index (χ3v) is 6.19. The number of fused-ring (bicyclic) bond motifs is 1. The van der Waals surface area contributed by atoms with Crippen molar-refractivity contribution in [3.05, 3.63) is 46.6 Å². The van der Waals surface area contributed by atoms with Gasteiger partial charge in [-0.25, -0.2) is 4.68 Å². The number of benzene rings is 1. The summed E-state index contributed by atoms with van der Waals surface area (Å²) in [6.45, 7) is 1.70. The van der Waals surface area contributed by atoms with Crippen molar-refractivity contribution < 1.29 is 0 Å². The summed E-state index contributed by atoms with van der Waals surface area (Å²) in [6.07, 6.45) is 4.06. The number of nitrogens with zero attached hydrogens (tertiary/aromatic N) is 4. The summed E-state index contributed by atoms with van der Waals surface area (Å²) in [7, 11) is 4.23. The molecule has 1 unspecified atom stereocenters. The lowest BCUT2D eigenvalue weighted by Gasteiger charge is -2.23. The second kappa shape index (κ2) is 7.34. The van der Waals surface area contributed by atoms with Gasteiger partial charge >= 0.3 is 0 Å². The first-order valence-corrected chi connectivity index (χ1v) is 9.79. The highest BCUT2D eigenvalue weighted by atomic mass is 15.3. The van der Waals surface area contributed by atoms with Crippen LogP contribution in [0.5, 0.6) is 0 Å². The number of anilines is 1. The van der Waals surface area contributed by atoms with E-state index >= 15 is 0 Å². The summed E-state index contributed by atoms with van der Waals surface area (Å²) in [5.74, 6) is 0.783. The van der Waals surface area contributed by atoms with E-state index in [4.69, 9.17) is 10.8 Å². The van der Waals surface area contributed by atoms with Crippen LogP contribution >= 0.6 is 0 Å². The quantitative estimate of drug-likeness (QED) is 0.866. The molecular weight excluding hydrogens is 336 g/mol. The van der Waals surface area contributed by atoms with Gasteiger partial charge in [0, 0.05) is 24.5 Å². The number of aryl methyl sites for hydroxylation is 1. The summed E-state index contributed by atoms with van der Waals surface area (Å²) in [4.78, 5) is 2.26. The minimum Gasteiger partial charge on any atom is -0.383 e. The fourth-order valence-corrected chi connectivity index (χ4v) is 4.50. The number of likely N-dealkylation sites (N-methyl/N-ethyl adjacent to an activating group) is 1. The molecule has 0 saturated carbocycles. The van der Waals surface area contributed by atoms with Crippen molar-refractivity contribution in [1.29, 1.82) is 5.26 Å². The fraction of sp³-hybridized carbons (Fsp3) is 0.524. The Balaban J connectivity index is 1.55. The number of nitrogen functional groups attached to an aromatic ring is 1. The normalized spacial score (nSPS) is 24.7. The molecule has 4 rings (SSSR count). The van der Waals surface area contributed by atoms with Gasteiger partial charge in [0.15, 0.2) is 0 Å². The second-order valence-electron chi connectivity index (χ2n) is 8.11. The van der Waals surface area contributed by atoms with Crippen molar-refractivity contribution in [2.24, 2.45) is 0 Å². The molecule has 6 nitrogen and oxygen atoms in total. The van der Waals surface area contributed by atoms with Gasteiger partial charge in [-0.1, -0.05) is 24.3 Å². The Hall–Kier alpha value is -2.36. The molecule has 1 aromatic carbocycles. The first kappa shape index (κ1) is 18.0. The van der Waals surface area contributed by atoms with E-state index in [1.165, 1.54) is 11.1 Å². The highest BCUT2D eigenvalue weighted by Crippen LogP contribution is 2.35. The maximum Gasteiger partial charge on any atom is 0.140 e. The Morgan fingerprint density at radius 1 is 1.33 bits per heavy atom. The molecule has 1 aliphatic carbocycles. The van der Waals surface area contributed by atoms with Crippen LogP contribution in [-0.2, 0) is 19.4 Å². The molecule has 1 aromatic heterocycles. The fourth-order valence-electron chi connectivity index (χ4n) is 4.50. The van der Waals surface area contributed by atoms with Gasteiger partial charge in [-0.3, -0.25) is 0 Å². The molecule has 2 heterocycles. The van der Waals surface area contributed by atoms with Gasteiger partial charge in [-0.05, 0) is 50.9 Å². The van der Waals surface area contributed by atoms with Gasteiger partial charge in [0.2, 0.25) is 0 Å². The number of nitriles is 1. The zero-order valence-corrected chi connectivity index (χ0v) is 16.2. The molecule has 27 heavy (non-hydrogen) atoms. The molecule has 0 spiro atoms. The van der Waals surface area contributed by atoms with Crippen LogP contribution in [0, 0.1) is 11.3 Å². The van der Waals surface area contributed by atoms with Crippen LogP contribution in [0.4, 0.5) is 5.82 Å². The van der Waals surface area contributed by atoms with Crippen molar-refractivity contribution in [2.45, 2.75) is 50.2 Å². The van der Waals surface area contributed by atoms with Crippen LogP contribution in [-0.4, -0.2) is 47.4 Å². The van der Waals surface area contributed by atoms with Gasteiger partial charge in [0.1, 0.15) is 17.5 Å². The molecule has 6 heteroatoms. The number of aromatic nitrogens is 2. The first-order valence-electron chi connectivity index (χ1n) is 9.79. The van der Waals surface area contributed by atoms with E-state index < -0.39 is 0 Å². The molecule has 3 N–H and O–H groups in total. The Labute approximate surface area is 161 Å². The van der Waals surface area contributed by atoms with Crippen LogP contribution < -0.4 is 11.1 Å². The molecule has 2 aliphatic rings. The smallest absolute Gasteiger partial charge is 0.140 e. The Morgan fingerprint density at radius 2 is 2.11 bits per heavy atom. The van der Waals surface area contributed by atoms with Gasteiger partial charge in [0.05, 0.1) is 12.2 Å². The van der Waals surface area contributed by atoms with Crippen molar-refractivity contribution >= 4 is 5.82 Å². The van der Waals surface area contributed by atoms with E-state index in [2.05, 4.69) is 54.6 Å². The molecular formula is C21H28N6. The number of rotatable bonds is 4. The molecule has 1 fully saturated rings. The van der Waals surface area contributed by atoms with Crippen molar-refractivity contribution in [3.63, 3.8) is 0 Å². The van der Waals surface area contributed by atoms with E-state index in [0.717, 1.165) is 37.9 Å². The molecule has 142 valence electrons. The van der Waals surface area contributed by atoms with Crippen LogP contribution in [0.25, 0.3) is 0 Å². The number of hydrogen-bond donors (Lipinski definition) is 2. The van der Waals surface area contributed by atoms with Crippen molar-refractivity contribution in [3.8, 4) is 6.07 Å². The van der Waals surface area contributed by atoms with E-state index in [1.54, 1.807) is 0 Å². The Morgan fingerprint density at radius 3 is 2.81 bits per heavy atom. The van der Waals surface area contributed by atoms with E-state index in [9.17, 15) is 5.26 Å². The highest BCUT2D eigenvalue weighted by molar-refractivity contribution is 5.54. The summed E-state index contributed by atoms with van der Waals surface area (Å²) in [5, 5.41) is 18.1. The standard InChI is InChI=1S/C21H28N6/c1-26(2)18-10-17(24-12-18)13-27-21(23)19(11-22)20(25-27)16-8-7-14-5-3-4-6-15(14)9-16/h3-6,16-18,24H,7-10,12-13,23H2,1-2H3/t16?,17-,18-/m0/s1. The number of hydrogen-bond acceptors (Lipinski definition) is 5. The molecule has 0 bridgehead atoms. The topological polar surface area (TPSA) is 82.9 Å². The summed E-state index contributed by atoms with van der Waals surface area (Å²) in [5.41, 5.74) is 10.6. The largest absolute Gasteiger partial charge is 0.383 e. The van der Waals surface area contributed by atoms with Crippen molar-refractivity contribution in [1.82, 2.24) is 20.0 Å². The molecule has 2 aromatic rings. The monoisotopic (exact) mass is 364 g/mol. The molecule has 0 radical (unpaired) electrons. The van der Waals surface area contributed by atoms with E-state index in [0.29, 0.717) is 30.0 Å². The third kappa shape index (κ3) is 3.45. The lowest BCUT2D eigenvalue weighted by atomic mass is 9.81. The number of nitrogens with two attached hydrogens (primary N) is 1. The molecule has 1 saturated heterocycles. The van der Waals surface area contributed by atoms with E-state index in [1.807, 2.05) is 4.68 Å². The first-order chi connectivity index (χ1) is 13.1. The predicted octanol–water partition coefficient (Wildman–Crippen LogP) is 1.90. The van der Waals surface area contributed by atoms with Gasteiger partial charge in [-0.2, -0.15) is 10.4 Å². The number of nitrogens with one attached hydrogen (secondary N) is 1. The SMILES string of the molecule is CN(C)[C@@H]1CN[C@H](Cn2nc(C3CCc4ccccc4C3)c(C#N)c2N)C1. The van der Waals surface area contributed by atoms with Crippen LogP contribution in [0.15, 0.2) is 24.3 Å². The zero-order chi connectivity index (χ0) is 19.0. The Bertz CT molecular complexity index is 862. The van der Waals surface area contributed by atoms with Crippen LogP contribution in [0.2, 0.25) is 0 Å². The lowest BCUT2D eigenvalue weighted by Crippen LogP contribution is -2.29. The summed E-state index contributed by atoms with van der Waals surface area (Å²) >= 11 is 0.